The van der Waals surface area contributed by atoms with E-state index in [1.165, 1.54) is 11.3 Å². The van der Waals surface area contributed by atoms with Crippen LogP contribution < -0.4 is 5.32 Å². The molecule has 22 heavy (non-hydrogen) atoms. The second-order valence-corrected chi connectivity index (χ2v) is 7.09. The maximum absolute atomic E-state index is 12.5. The number of hydrogen-bond acceptors (Lipinski definition) is 4. The summed E-state index contributed by atoms with van der Waals surface area (Å²) in [6.45, 7) is 1.15. The molecule has 0 bridgehead atoms. The number of nitrogens with zero attached hydrogens (tertiary/aromatic N) is 1. The maximum atomic E-state index is 12.5. The molecular formula is C16H22N2O3S. The minimum absolute atomic E-state index is 0.0476. The van der Waals surface area contributed by atoms with Crippen LogP contribution >= 0.6 is 11.3 Å². The molecule has 120 valence electrons. The zero-order valence-corrected chi connectivity index (χ0v) is 13.3. The Morgan fingerprint density at radius 3 is 2.86 bits per heavy atom. The first-order valence-electron chi connectivity index (χ1n) is 7.97. The first-order valence-corrected chi connectivity index (χ1v) is 8.85. The van der Waals surface area contributed by atoms with Gasteiger partial charge in [0.2, 0.25) is 5.91 Å². The molecule has 1 aliphatic heterocycles. The van der Waals surface area contributed by atoms with Crippen LogP contribution in [0.1, 0.15) is 41.8 Å². The fourth-order valence-electron chi connectivity index (χ4n) is 3.43. The summed E-state index contributed by atoms with van der Waals surface area (Å²) in [5.41, 5.74) is 0. The quantitative estimate of drug-likeness (QED) is 0.885. The molecule has 6 heteroatoms. The molecule has 5 nitrogen and oxygen atoms in total. The van der Waals surface area contributed by atoms with Crippen LogP contribution in [0.2, 0.25) is 0 Å². The monoisotopic (exact) mass is 322 g/mol. The summed E-state index contributed by atoms with van der Waals surface area (Å²) < 4.78 is 0. The highest BCUT2D eigenvalue weighted by Gasteiger charge is 2.35. The standard InChI is InChI=1S/C16H22N2O3S/c19-13-6-1-4-11(13)10-17-15(20)12-5-2-8-18(12)16(21)14-7-3-9-22-14/h3,7,9,11-13,19H,1-2,4-6,8,10H2,(H,17,20)/t11?,12-,13?/m0/s1. The van der Waals surface area contributed by atoms with E-state index in [9.17, 15) is 14.7 Å². The average Bonchev–Trinajstić information content (AvgIpc) is 3.25. The smallest absolute Gasteiger partial charge is 0.264 e. The predicted molar refractivity (Wildman–Crippen MR) is 84.7 cm³/mol. The van der Waals surface area contributed by atoms with Crippen LogP contribution in [0.5, 0.6) is 0 Å². The number of aliphatic hydroxyl groups excluding tert-OH is 1. The van der Waals surface area contributed by atoms with Crippen LogP contribution in [0, 0.1) is 5.92 Å². The Balaban J connectivity index is 1.58. The largest absolute Gasteiger partial charge is 0.393 e. The Morgan fingerprint density at radius 2 is 2.18 bits per heavy atom. The van der Waals surface area contributed by atoms with Crippen molar-refractivity contribution in [3.63, 3.8) is 0 Å². The topological polar surface area (TPSA) is 69.6 Å². The van der Waals surface area contributed by atoms with Crippen LogP contribution in [0.3, 0.4) is 0 Å². The highest BCUT2D eigenvalue weighted by Crippen LogP contribution is 2.25. The van der Waals surface area contributed by atoms with E-state index < -0.39 is 0 Å². The van der Waals surface area contributed by atoms with Gasteiger partial charge < -0.3 is 15.3 Å². The molecule has 1 saturated carbocycles. The van der Waals surface area contributed by atoms with Gasteiger partial charge in [0, 0.05) is 19.0 Å². The van der Waals surface area contributed by atoms with Crippen molar-refractivity contribution in [3.05, 3.63) is 22.4 Å². The number of carbonyl (C=O) groups excluding carboxylic acids is 2. The molecule has 0 radical (unpaired) electrons. The van der Waals surface area contributed by atoms with Gasteiger partial charge in [-0.25, -0.2) is 0 Å². The van der Waals surface area contributed by atoms with Gasteiger partial charge in [0.05, 0.1) is 11.0 Å². The number of aliphatic hydroxyl groups is 1. The number of nitrogens with one attached hydrogen (secondary N) is 1. The van der Waals surface area contributed by atoms with Crippen LogP contribution in [-0.4, -0.2) is 47.1 Å². The predicted octanol–water partition coefficient (Wildman–Crippen LogP) is 1.63. The summed E-state index contributed by atoms with van der Waals surface area (Å²) in [5, 5.41) is 14.6. The van der Waals surface area contributed by atoms with Crippen molar-refractivity contribution in [1.29, 1.82) is 0 Å². The second kappa shape index (κ2) is 6.79. The number of rotatable bonds is 4. The Labute approximate surface area is 134 Å². The molecule has 3 atom stereocenters. The molecule has 2 aliphatic rings. The third-order valence-electron chi connectivity index (χ3n) is 4.71. The molecular weight excluding hydrogens is 300 g/mol. The third-order valence-corrected chi connectivity index (χ3v) is 5.56. The Hall–Kier alpha value is -1.40. The second-order valence-electron chi connectivity index (χ2n) is 6.14. The lowest BCUT2D eigenvalue weighted by Gasteiger charge is -2.24. The molecule has 2 amide bonds. The molecule has 1 saturated heterocycles. The number of thiophene rings is 1. The summed E-state index contributed by atoms with van der Waals surface area (Å²) in [5.74, 6) is 0.0295. The molecule has 1 aromatic heterocycles. The van der Waals surface area contributed by atoms with E-state index in [0.29, 0.717) is 18.0 Å². The van der Waals surface area contributed by atoms with Gasteiger partial charge in [0.25, 0.3) is 5.91 Å². The van der Waals surface area contributed by atoms with Crippen LogP contribution in [0.15, 0.2) is 17.5 Å². The Morgan fingerprint density at radius 1 is 1.32 bits per heavy atom. The van der Waals surface area contributed by atoms with Gasteiger partial charge in [-0.05, 0) is 37.1 Å². The van der Waals surface area contributed by atoms with Gasteiger partial charge in [-0.1, -0.05) is 12.5 Å². The van der Waals surface area contributed by atoms with E-state index in [2.05, 4.69) is 5.32 Å². The zero-order valence-electron chi connectivity index (χ0n) is 12.5. The van der Waals surface area contributed by atoms with Crippen molar-refractivity contribution >= 4 is 23.2 Å². The average molecular weight is 322 g/mol. The van der Waals surface area contributed by atoms with E-state index in [-0.39, 0.29) is 29.9 Å². The van der Waals surface area contributed by atoms with Crippen molar-refractivity contribution in [3.8, 4) is 0 Å². The van der Waals surface area contributed by atoms with E-state index in [1.807, 2.05) is 11.4 Å². The van der Waals surface area contributed by atoms with E-state index >= 15 is 0 Å². The van der Waals surface area contributed by atoms with Crippen molar-refractivity contribution in [2.24, 2.45) is 5.92 Å². The van der Waals surface area contributed by atoms with Crippen molar-refractivity contribution < 1.29 is 14.7 Å². The van der Waals surface area contributed by atoms with Gasteiger partial charge in [0.1, 0.15) is 6.04 Å². The molecule has 2 heterocycles. The number of amides is 2. The molecule has 1 aromatic rings. The summed E-state index contributed by atoms with van der Waals surface area (Å²) in [4.78, 5) is 27.2. The van der Waals surface area contributed by atoms with E-state index in [1.54, 1.807) is 11.0 Å². The minimum atomic E-state index is -0.367. The number of likely N-dealkylation sites (tertiary alicyclic amines) is 1. The molecule has 2 N–H and O–H groups in total. The van der Waals surface area contributed by atoms with Gasteiger partial charge >= 0.3 is 0 Å². The van der Waals surface area contributed by atoms with Gasteiger partial charge in [-0.15, -0.1) is 11.3 Å². The number of carbonyl (C=O) groups is 2. The van der Waals surface area contributed by atoms with E-state index in [0.717, 1.165) is 32.1 Å². The summed E-state index contributed by atoms with van der Waals surface area (Å²) in [7, 11) is 0. The molecule has 3 rings (SSSR count). The number of hydrogen-bond donors (Lipinski definition) is 2. The lowest BCUT2D eigenvalue weighted by atomic mass is 10.1. The van der Waals surface area contributed by atoms with Gasteiger partial charge in [-0.2, -0.15) is 0 Å². The Kier molecular flexibility index (Phi) is 4.78. The fourth-order valence-corrected chi connectivity index (χ4v) is 4.11. The normalized spacial score (nSPS) is 28.0. The maximum Gasteiger partial charge on any atom is 0.264 e. The molecule has 0 aromatic carbocycles. The summed E-state index contributed by atoms with van der Waals surface area (Å²) in [6, 6.07) is 3.29. The van der Waals surface area contributed by atoms with Crippen molar-refractivity contribution in [1.82, 2.24) is 10.2 Å². The SMILES string of the molecule is O=C(NCC1CCCC1O)[C@@H]1CCCN1C(=O)c1cccs1. The van der Waals surface area contributed by atoms with Crippen molar-refractivity contribution in [2.45, 2.75) is 44.2 Å². The molecule has 2 unspecified atom stereocenters. The lowest BCUT2D eigenvalue weighted by molar-refractivity contribution is -0.125. The van der Waals surface area contributed by atoms with Crippen LogP contribution in [0.4, 0.5) is 0 Å². The lowest BCUT2D eigenvalue weighted by Crippen LogP contribution is -2.47. The Bertz CT molecular complexity index is 532. The third kappa shape index (κ3) is 3.17. The highest BCUT2D eigenvalue weighted by molar-refractivity contribution is 7.12. The molecule has 2 fully saturated rings. The fraction of sp³-hybridized carbons (Fsp3) is 0.625. The highest BCUT2D eigenvalue weighted by atomic mass is 32.1. The zero-order chi connectivity index (χ0) is 15.5. The summed E-state index contributed by atoms with van der Waals surface area (Å²) in [6.07, 6.45) is 4.09. The minimum Gasteiger partial charge on any atom is -0.393 e. The summed E-state index contributed by atoms with van der Waals surface area (Å²) >= 11 is 1.41. The molecule has 0 spiro atoms. The van der Waals surface area contributed by atoms with Crippen LogP contribution in [-0.2, 0) is 4.79 Å². The van der Waals surface area contributed by atoms with E-state index in [4.69, 9.17) is 0 Å². The van der Waals surface area contributed by atoms with Gasteiger partial charge in [-0.3, -0.25) is 9.59 Å². The first kappa shape index (κ1) is 15.5. The van der Waals surface area contributed by atoms with Crippen LogP contribution in [0.25, 0.3) is 0 Å². The first-order chi connectivity index (χ1) is 10.7. The molecule has 1 aliphatic carbocycles. The van der Waals surface area contributed by atoms with Gasteiger partial charge in [0.15, 0.2) is 0 Å². The van der Waals surface area contributed by atoms with Crippen molar-refractivity contribution in [2.75, 3.05) is 13.1 Å².